The lowest BCUT2D eigenvalue weighted by molar-refractivity contribution is -0.134. The number of amides is 1. The monoisotopic (exact) mass is 289 g/mol. The zero-order valence-electron chi connectivity index (χ0n) is 12.4. The molecule has 2 atom stereocenters. The first-order chi connectivity index (χ1) is 9.69. The zero-order valence-corrected chi connectivity index (χ0v) is 13.2. The highest BCUT2D eigenvalue weighted by atomic mass is 32.1. The fraction of sp³-hybridized carbons (Fsp3) is 0.588. The van der Waals surface area contributed by atoms with Gasteiger partial charge in [-0.3, -0.25) is 4.79 Å². The number of hydrogen-bond acceptors (Lipinski definition) is 2. The van der Waals surface area contributed by atoms with Crippen LogP contribution in [0.25, 0.3) is 0 Å². The molecule has 0 N–H and O–H groups in total. The number of hydrogen-bond donors (Lipinski definition) is 0. The second-order valence-corrected chi connectivity index (χ2v) is 7.07. The molecular formula is C17H23NOS. The summed E-state index contributed by atoms with van der Waals surface area (Å²) in [5, 5.41) is 2.12. The lowest BCUT2D eigenvalue weighted by Crippen LogP contribution is -2.44. The normalized spacial score (nSPS) is 25.1. The quantitative estimate of drug-likeness (QED) is 0.768. The lowest BCUT2D eigenvalue weighted by atomic mass is 9.96. The summed E-state index contributed by atoms with van der Waals surface area (Å²) in [4.78, 5) is 16.2. The van der Waals surface area contributed by atoms with Crippen LogP contribution in [0.15, 0.2) is 23.1 Å². The number of thiophene rings is 1. The fourth-order valence-corrected chi connectivity index (χ4v) is 4.61. The van der Waals surface area contributed by atoms with Crippen molar-refractivity contribution in [3.8, 4) is 0 Å². The number of nitrogens with zero attached hydrogens (tertiary/aromatic N) is 1. The van der Waals surface area contributed by atoms with Crippen LogP contribution >= 0.6 is 11.3 Å². The molecule has 3 rings (SSSR count). The van der Waals surface area contributed by atoms with Gasteiger partial charge in [0.25, 0.3) is 0 Å². The van der Waals surface area contributed by atoms with Crippen LogP contribution in [0.4, 0.5) is 0 Å². The Bertz CT molecular complexity index is 515. The summed E-state index contributed by atoms with van der Waals surface area (Å²) >= 11 is 1.78. The van der Waals surface area contributed by atoms with Gasteiger partial charge in [-0.1, -0.05) is 11.6 Å². The molecule has 2 bridgehead atoms. The highest BCUT2D eigenvalue weighted by Gasteiger charge is 2.40. The number of carbonyl (C=O) groups is 1. The Morgan fingerprint density at radius 1 is 1.40 bits per heavy atom. The van der Waals surface area contributed by atoms with E-state index in [1.807, 2.05) is 0 Å². The highest BCUT2D eigenvalue weighted by molar-refractivity contribution is 7.10. The summed E-state index contributed by atoms with van der Waals surface area (Å²) in [5.41, 5.74) is 2.89. The Hall–Kier alpha value is -1.09. The van der Waals surface area contributed by atoms with Crippen molar-refractivity contribution in [2.75, 3.05) is 0 Å². The second kappa shape index (κ2) is 5.72. The second-order valence-electron chi connectivity index (χ2n) is 6.07. The Morgan fingerprint density at radius 2 is 2.10 bits per heavy atom. The molecular weight excluding hydrogens is 266 g/mol. The molecule has 0 aromatic carbocycles. The fourth-order valence-electron chi connectivity index (χ4n) is 3.70. The van der Waals surface area contributed by atoms with Gasteiger partial charge in [0, 0.05) is 23.4 Å². The van der Waals surface area contributed by atoms with Crippen molar-refractivity contribution < 1.29 is 4.79 Å². The van der Waals surface area contributed by atoms with Crippen LogP contribution in [-0.4, -0.2) is 22.9 Å². The number of piperidine rings is 1. The number of rotatable bonds is 3. The molecule has 3 heterocycles. The molecule has 1 amide bonds. The Kier molecular flexibility index (Phi) is 3.97. The first-order valence-electron chi connectivity index (χ1n) is 7.67. The molecule has 2 unspecified atom stereocenters. The minimum atomic E-state index is 0.375. The smallest absolute Gasteiger partial charge is 0.223 e. The van der Waals surface area contributed by atoms with Crippen molar-refractivity contribution in [1.29, 1.82) is 0 Å². The van der Waals surface area contributed by atoms with Crippen molar-refractivity contribution in [2.45, 2.75) is 64.5 Å². The van der Waals surface area contributed by atoms with Crippen molar-refractivity contribution in [3.63, 3.8) is 0 Å². The number of allylic oxidation sites excluding steroid dienone is 1. The SMILES string of the molecule is CC=C1CC2CCC(C1)N2C(=O)CCc1sccc1C. The zero-order chi connectivity index (χ0) is 14.1. The molecule has 2 nitrogen and oxygen atoms in total. The van der Waals surface area contributed by atoms with Gasteiger partial charge in [-0.25, -0.2) is 0 Å². The Balaban J connectivity index is 1.62. The van der Waals surface area contributed by atoms with Gasteiger partial charge in [0.05, 0.1) is 0 Å². The summed E-state index contributed by atoms with van der Waals surface area (Å²) in [5.74, 6) is 0.375. The summed E-state index contributed by atoms with van der Waals surface area (Å²) in [6.07, 6.45) is 8.46. The van der Waals surface area contributed by atoms with E-state index in [9.17, 15) is 4.79 Å². The predicted octanol–water partition coefficient (Wildman–Crippen LogP) is 4.09. The van der Waals surface area contributed by atoms with Gasteiger partial charge in [-0.15, -0.1) is 11.3 Å². The molecule has 108 valence electrons. The van der Waals surface area contributed by atoms with E-state index in [2.05, 4.69) is 36.3 Å². The molecule has 2 fully saturated rings. The maximum absolute atomic E-state index is 12.6. The third-order valence-corrected chi connectivity index (χ3v) is 5.93. The van der Waals surface area contributed by atoms with Crippen LogP contribution < -0.4 is 0 Å². The van der Waals surface area contributed by atoms with Gasteiger partial charge in [0.15, 0.2) is 0 Å². The van der Waals surface area contributed by atoms with Crippen molar-refractivity contribution in [2.24, 2.45) is 0 Å². The average molecular weight is 289 g/mol. The molecule has 2 aliphatic rings. The maximum Gasteiger partial charge on any atom is 0.223 e. The van der Waals surface area contributed by atoms with E-state index in [1.165, 1.54) is 23.3 Å². The molecule has 0 saturated carbocycles. The third-order valence-electron chi connectivity index (χ3n) is 4.85. The maximum atomic E-state index is 12.6. The van der Waals surface area contributed by atoms with Gasteiger partial charge in [-0.2, -0.15) is 0 Å². The van der Waals surface area contributed by atoms with Crippen LogP contribution in [0.2, 0.25) is 0 Å². The minimum Gasteiger partial charge on any atom is -0.336 e. The molecule has 1 aromatic rings. The van der Waals surface area contributed by atoms with Crippen molar-refractivity contribution >= 4 is 17.2 Å². The van der Waals surface area contributed by atoms with Gasteiger partial charge >= 0.3 is 0 Å². The molecule has 20 heavy (non-hydrogen) atoms. The number of fused-ring (bicyclic) bond motifs is 2. The van der Waals surface area contributed by atoms with Crippen LogP contribution in [0.5, 0.6) is 0 Å². The van der Waals surface area contributed by atoms with Gasteiger partial charge < -0.3 is 4.90 Å². The summed E-state index contributed by atoms with van der Waals surface area (Å²) in [6, 6.07) is 3.11. The molecule has 2 saturated heterocycles. The van der Waals surface area contributed by atoms with Gasteiger partial charge in [0.2, 0.25) is 5.91 Å². The topological polar surface area (TPSA) is 20.3 Å². The molecule has 0 aliphatic carbocycles. The van der Waals surface area contributed by atoms with E-state index in [0.29, 0.717) is 24.4 Å². The standard InChI is InChI=1S/C17H23NOS/c1-3-13-10-14-4-5-15(11-13)18(14)17(19)7-6-16-12(2)8-9-20-16/h3,8-9,14-15H,4-7,10-11H2,1-2H3. The lowest BCUT2D eigenvalue weighted by Gasteiger charge is -2.36. The predicted molar refractivity (Wildman–Crippen MR) is 84.0 cm³/mol. The van der Waals surface area contributed by atoms with Crippen LogP contribution in [0, 0.1) is 6.92 Å². The molecule has 0 spiro atoms. The van der Waals surface area contributed by atoms with Gasteiger partial charge in [-0.05, 0) is 63.0 Å². The van der Waals surface area contributed by atoms with Crippen LogP contribution in [0.3, 0.4) is 0 Å². The first kappa shape index (κ1) is 13.9. The molecule has 3 heteroatoms. The van der Waals surface area contributed by atoms with E-state index >= 15 is 0 Å². The van der Waals surface area contributed by atoms with Crippen molar-refractivity contribution in [1.82, 2.24) is 4.90 Å². The molecule has 1 aromatic heterocycles. The number of carbonyl (C=O) groups excluding carboxylic acids is 1. The van der Waals surface area contributed by atoms with Gasteiger partial charge in [0.1, 0.15) is 0 Å². The first-order valence-corrected chi connectivity index (χ1v) is 8.55. The van der Waals surface area contributed by atoms with E-state index < -0.39 is 0 Å². The van der Waals surface area contributed by atoms with E-state index in [1.54, 1.807) is 16.9 Å². The average Bonchev–Trinajstić information content (AvgIpc) is 2.97. The van der Waals surface area contributed by atoms with Crippen LogP contribution in [0.1, 0.15) is 49.5 Å². The highest BCUT2D eigenvalue weighted by Crippen LogP contribution is 2.38. The van der Waals surface area contributed by atoms with E-state index in [-0.39, 0.29) is 0 Å². The summed E-state index contributed by atoms with van der Waals surface area (Å²) in [6.45, 7) is 4.27. The van der Waals surface area contributed by atoms with E-state index in [4.69, 9.17) is 0 Å². The third kappa shape index (κ3) is 2.56. The van der Waals surface area contributed by atoms with E-state index in [0.717, 1.165) is 19.3 Å². The molecule has 2 aliphatic heterocycles. The summed E-state index contributed by atoms with van der Waals surface area (Å²) in [7, 11) is 0. The number of aryl methyl sites for hydroxylation is 2. The van der Waals surface area contributed by atoms with Crippen molar-refractivity contribution in [3.05, 3.63) is 33.5 Å². The molecule has 0 radical (unpaired) electrons. The van der Waals surface area contributed by atoms with Crippen LogP contribution in [-0.2, 0) is 11.2 Å². The Morgan fingerprint density at radius 3 is 2.65 bits per heavy atom. The minimum absolute atomic E-state index is 0.375. The largest absolute Gasteiger partial charge is 0.336 e. The summed E-state index contributed by atoms with van der Waals surface area (Å²) < 4.78 is 0. The Labute approximate surface area is 125 Å².